The second-order valence-corrected chi connectivity index (χ2v) is 8.33. The highest BCUT2D eigenvalue weighted by Gasteiger charge is 2.44. The lowest BCUT2D eigenvalue weighted by molar-refractivity contribution is 0.294. The Morgan fingerprint density at radius 3 is 2.79 bits per heavy atom. The Hall–Kier alpha value is -1.53. The van der Waals surface area contributed by atoms with Crippen LogP contribution in [0.25, 0.3) is 0 Å². The molecule has 6 heteroatoms. The van der Waals surface area contributed by atoms with Gasteiger partial charge in [-0.25, -0.2) is 4.98 Å². The van der Waals surface area contributed by atoms with Crippen molar-refractivity contribution in [3.8, 4) is 0 Å². The molecule has 1 aliphatic heterocycles. The molecular weight excluding hydrogens is 318 g/mol. The van der Waals surface area contributed by atoms with Crippen molar-refractivity contribution < 1.29 is 0 Å². The van der Waals surface area contributed by atoms with Crippen molar-refractivity contribution in [2.45, 2.75) is 39.3 Å². The molecule has 0 unspecified atom stereocenters. The van der Waals surface area contributed by atoms with E-state index in [9.17, 15) is 0 Å². The number of hydrogen-bond acceptors (Lipinski definition) is 6. The first-order valence-corrected chi connectivity index (χ1v) is 9.64. The van der Waals surface area contributed by atoms with E-state index in [2.05, 4.69) is 56.5 Å². The third kappa shape index (κ3) is 3.05. The molecule has 0 N–H and O–H groups in total. The van der Waals surface area contributed by atoms with Crippen LogP contribution in [0.5, 0.6) is 0 Å². The van der Waals surface area contributed by atoms with Gasteiger partial charge in [0.1, 0.15) is 0 Å². The quantitative estimate of drug-likeness (QED) is 0.854. The van der Waals surface area contributed by atoms with E-state index in [1.165, 1.54) is 36.6 Å². The van der Waals surface area contributed by atoms with Gasteiger partial charge in [0, 0.05) is 38.1 Å². The molecule has 0 radical (unpaired) electrons. The molecule has 1 aliphatic carbocycles. The van der Waals surface area contributed by atoms with E-state index in [4.69, 9.17) is 0 Å². The summed E-state index contributed by atoms with van der Waals surface area (Å²) in [5, 5.41) is 12.0. The van der Waals surface area contributed by atoms with Gasteiger partial charge in [-0.1, -0.05) is 0 Å². The van der Waals surface area contributed by atoms with Crippen LogP contribution in [0, 0.1) is 25.7 Å². The molecule has 4 rings (SSSR count). The molecule has 0 aromatic carbocycles. The van der Waals surface area contributed by atoms with Crippen LogP contribution in [-0.2, 0) is 6.54 Å². The molecule has 2 fully saturated rings. The summed E-state index contributed by atoms with van der Waals surface area (Å²) >= 11 is 1.75. The number of rotatable bonds is 4. The molecule has 3 heterocycles. The number of anilines is 1. The van der Waals surface area contributed by atoms with Crippen LogP contribution in [0.15, 0.2) is 17.5 Å². The average molecular weight is 344 g/mol. The molecule has 0 bridgehead atoms. The fraction of sp³-hybridized carbons (Fsp3) is 0.611. The maximum Gasteiger partial charge on any atom is 0.151 e. The molecule has 128 valence electrons. The third-order valence-electron chi connectivity index (χ3n) is 5.59. The molecule has 5 nitrogen and oxygen atoms in total. The van der Waals surface area contributed by atoms with Crippen LogP contribution in [0.4, 0.5) is 5.82 Å². The van der Waals surface area contributed by atoms with Crippen LogP contribution < -0.4 is 4.90 Å². The summed E-state index contributed by atoms with van der Waals surface area (Å²) in [6.45, 7) is 7.46. The summed E-state index contributed by atoms with van der Waals surface area (Å²) < 4.78 is 0. The summed E-state index contributed by atoms with van der Waals surface area (Å²) in [6.07, 6.45) is 2.59. The molecule has 1 saturated carbocycles. The number of fused-ring (bicyclic) bond motifs is 1. The third-order valence-corrected chi connectivity index (χ3v) is 6.41. The topological polar surface area (TPSA) is 45.2 Å². The van der Waals surface area contributed by atoms with Gasteiger partial charge >= 0.3 is 0 Å². The van der Waals surface area contributed by atoms with Crippen molar-refractivity contribution in [1.82, 2.24) is 20.1 Å². The van der Waals surface area contributed by atoms with E-state index in [0.717, 1.165) is 29.9 Å². The van der Waals surface area contributed by atoms with E-state index in [-0.39, 0.29) is 0 Å². The molecule has 2 aliphatic rings. The van der Waals surface area contributed by atoms with Crippen LogP contribution in [-0.4, -0.2) is 46.3 Å². The Morgan fingerprint density at radius 2 is 2.08 bits per heavy atom. The zero-order chi connectivity index (χ0) is 16.7. The van der Waals surface area contributed by atoms with Gasteiger partial charge in [0.05, 0.1) is 16.4 Å². The molecule has 2 aromatic rings. The number of thiazole rings is 1. The molecular formula is C18H25N5S. The maximum absolute atomic E-state index is 4.63. The Balaban J connectivity index is 1.43. The SMILES string of the molecule is Cc1ccc(N(C)[C@@H]2CC[C@@H]3CN(Cc4csc(C)n4)C[C@@H]32)nn1. The number of aryl methyl sites for hydroxylation is 2. The van der Waals surface area contributed by atoms with Gasteiger partial charge in [0.15, 0.2) is 5.82 Å². The Labute approximate surface area is 147 Å². The van der Waals surface area contributed by atoms with Crippen LogP contribution in [0.2, 0.25) is 0 Å². The summed E-state index contributed by atoms with van der Waals surface area (Å²) in [5.74, 6) is 2.55. The number of nitrogens with zero attached hydrogens (tertiary/aromatic N) is 5. The monoisotopic (exact) mass is 343 g/mol. The predicted octanol–water partition coefficient (Wildman–Crippen LogP) is 2.90. The minimum Gasteiger partial charge on any atom is -0.355 e. The second-order valence-electron chi connectivity index (χ2n) is 7.26. The molecule has 3 atom stereocenters. The van der Waals surface area contributed by atoms with Crippen molar-refractivity contribution in [3.63, 3.8) is 0 Å². The second kappa shape index (κ2) is 6.41. The van der Waals surface area contributed by atoms with Crippen molar-refractivity contribution >= 4 is 17.2 Å². The Kier molecular flexibility index (Phi) is 4.26. The van der Waals surface area contributed by atoms with E-state index in [1.54, 1.807) is 11.3 Å². The first-order chi connectivity index (χ1) is 11.6. The first-order valence-electron chi connectivity index (χ1n) is 8.76. The summed E-state index contributed by atoms with van der Waals surface area (Å²) in [6, 6.07) is 4.73. The fourth-order valence-corrected chi connectivity index (χ4v) is 5.00. The average Bonchev–Trinajstić information content (AvgIpc) is 3.24. The molecule has 0 spiro atoms. The molecule has 24 heavy (non-hydrogen) atoms. The van der Waals surface area contributed by atoms with Gasteiger partial charge in [0.2, 0.25) is 0 Å². The van der Waals surface area contributed by atoms with Gasteiger partial charge in [-0.05, 0) is 50.7 Å². The number of likely N-dealkylation sites (tertiary alicyclic amines) is 1. The molecule has 0 amide bonds. The lowest BCUT2D eigenvalue weighted by atomic mass is 9.97. The summed E-state index contributed by atoms with van der Waals surface area (Å²) in [4.78, 5) is 9.57. The fourth-order valence-electron chi connectivity index (χ4n) is 4.40. The van der Waals surface area contributed by atoms with E-state index in [1.807, 2.05) is 6.92 Å². The van der Waals surface area contributed by atoms with E-state index >= 15 is 0 Å². The summed E-state index contributed by atoms with van der Waals surface area (Å²) in [5.41, 5.74) is 2.20. The van der Waals surface area contributed by atoms with Gasteiger partial charge < -0.3 is 4.90 Å². The van der Waals surface area contributed by atoms with Crippen molar-refractivity contribution in [2.75, 3.05) is 25.0 Å². The number of hydrogen-bond donors (Lipinski definition) is 0. The summed E-state index contributed by atoms with van der Waals surface area (Å²) in [7, 11) is 2.18. The lowest BCUT2D eigenvalue weighted by Gasteiger charge is -2.30. The number of aromatic nitrogens is 3. The van der Waals surface area contributed by atoms with Crippen LogP contribution in [0.3, 0.4) is 0 Å². The maximum atomic E-state index is 4.63. The van der Waals surface area contributed by atoms with Gasteiger partial charge in [-0.15, -0.1) is 16.4 Å². The lowest BCUT2D eigenvalue weighted by Crippen LogP contribution is -2.38. The van der Waals surface area contributed by atoms with Crippen molar-refractivity contribution in [2.24, 2.45) is 11.8 Å². The van der Waals surface area contributed by atoms with Crippen LogP contribution >= 0.6 is 11.3 Å². The van der Waals surface area contributed by atoms with E-state index in [0.29, 0.717) is 6.04 Å². The highest BCUT2D eigenvalue weighted by atomic mass is 32.1. The van der Waals surface area contributed by atoms with Crippen molar-refractivity contribution in [3.05, 3.63) is 33.9 Å². The normalized spacial score (nSPS) is 26.7. The highest BCUT2D eigenvalue weighted by molar-refractivity contribution is 7.09. The Morgan fingerprint density at radius 1 is 1.21 bits per heavy atom. The minimum atomic E-state index is 0.578. The standard InChI is InChI=1S/C18H25N5S/c1-12-4-7-18(21-20-12)22(3)17-6-5-14-8-23(10-16(14)17)9-15-11-24-13(2)19-15/h4,7,11,14,16-17H,5-6,8-10H2,1-3H3/t14-,16+,17-/m1/s1. The Bertz CT molecular complexity index is 698. The van der Waals surface area contributed by atoms with E-state index < -0.39 is 0 Å². The van der Waals surface area contributed by atoms with Crippen molar-refractivity contribution in [1.29, 1.82) is 0 Å². The molecule has 1 saturated heterocycles. The zero-order valence-corrected chi connectivity index (χ0v) is 15.5. The van der Waals surface area contributed by atoms with Gasteiger partial charge in [-0.2, -0.15) is 5.10 Å². The van der Waals surface area contributed by atoms with Crippen LogP contribution in [0.1, 0.15) is 29.2 Å². The molecule has 2 aromatic heterocycles. The zero-order valence-electron chi connectivity index (χ0n) is 14.6. The smallest absolute Gasteiger partial charge is 0.151 e. The highest BCUT2D eigenvalue weighted by Crippen LogP contribution is 2.41. The predicted molar refractivity (Wildman–Crippen MR) is 97.3 cm³/mol. The minimum absolute atomic E-state index is 0.578. The van der Waals surface area contributed by atoms with Gasteiger partial charge in [0.25, 0.3) is 0 Å². The first kappa shape index (κ1) is 16.0. The van der Waals surface area contributed by atoms with Gasteiger partial charge in [-0.3, -0.25) is 4.90 Å². The largest absolute Gasteiger partial charge is 0.355 e.